The number of aromatic nitrogens is 3. The Bertz CT molecular complexity index is 1050. The van der Waals surface area contributed by atoms with Crippen LogP contribution in [-0.2, 0) is 16.0 Å². The van der Waals surface area contributed by atoms with E-state index in [2.05, 4.69) is 15.0 Å². The number of fused-ring (bicyclic) bond motifs is 1. The van der Waals surface area contributed by atoms with Crippen molar-refractivity contribution in [1.29, 1.82) is 0 Å². The molecule has 1 aromatic carbocycles. The van der Waals surface area contributed by atoms with E-state index in [9.17, 15) is 4.79 Å². The zero-order valence-electron chi connectivity index (χ0n) is 17.5. The molecular weight excluding hydrogens is 418 g/mol. The topological polar surface area (TPSA) is 95.5 Å². The highest BCUT2D eigenvalue weighted by atomic mass is 35.5. The minimum atomic E-state index is -0.390. The SMILES string of the molecule is CCOC(=O)c1cnc2c(cnn2Cc2ccc(Cl)cc2)c1N1CCO[C@@H](CCN)C1. The van der Waals surface area contributed by atoms with Crippen molar-refractivity contribution in [2.45, 2.75) is 26.0 Å². The smallest absolute Gasteiger partial charge is 0.341 e. The first-order chi connectivity index (χ1) is 15.1. The number of carbonyl (C=O) groups excluding carboxylic acids is 1. The second-order valence-corrected chi connectivity index (χ2v) is 7.86. The molecule has 0 aliphatic carbocycles. The Hall–Kier alpha value is -2.68. The lowest BCUT2D eigenvalue weighted by Gasteiger charge is -2.35. The van der Waals surface area contributed by atoms with Gasteiger partial charge in [-0.15, -0.1) is 0 Å². The molecule has 8 nitrogen and oxygen atoms in total. The van der Waals surface area contributed by atoms with Crippen molar-refractivity contribution in [3.05, 3.63) is 52.8 Å². The van der Waals surface area contributed by atoms with Crippen LogP contribution in [0.3, 0.4) is 0 Å². The molecule has 0 bridgehead atoms. The third kappa shape index (κ3) is 4.66. The van der Waals surface area contributed by atoms with Crippen molar-refractivity contribution in [3.8, 4) is 0 Å². The van der Waals surface area contributed by atoms with E-state index in [1.807, 2.05) is 28.9 Å². The Labute approximate surface area is 185 Å². The van der Waals surface area contributed by atoms with Gasteiger partial charge >= 0.3 is 5.97 Å². The van der Waals surface area contributed by atoms with Crippen molar-refractivity contribution in [3.63, 3.8) is 0 Å². The van der Waals surface area contributed by atoms with Crippen LogP contribution in [0.25, 0.3) is 11.0 Å². The van der Waals surface area contributed by atoms with Crippen LogP contribution in [0.4, 0.5) is 5.69 Å². The van der Waals surface area contributed by atoms with Gasteiger partial charge in [-0.25, -0.2) is 14.5 Å². The summed E-state index contributed by atoms with van der Waals surface area (Å²) < 4.78 is 13.0. The molecule has 4 rings (SSSR count). The lowest BCUT2D eigenvalue weighted by Crippen LogP contribution is -2.44. The molecule has 164 valence electrons. The molecule has 1 fully saturated rings. The van der Waals surface area contributed by atoms with Gasteiger partial charge in [0.25, 0.3) is 0 Å². The number of morpholine rings is 1. The number of halogens is 1. The lowest BCUT2D eigenvalue weighted by molar-refractivity contribution is 0.0365. The number of pyridine rings is 1. The fraction of sp³-hybridized carbons (Fsp3) is 0.409. The number of esters is 1. The van der Waals surface area contributed by atoms with Gasteiger partial charge in [-0.3, -0.25) is 0 Å². The van der Waals surface area contributed by atoms with Crippen molar-refractivity contribution in [2.24, 2.45) is 5.73 Å². The molecule has 0 saturated carbocycles. The van der Waals surface area contributed by atoms with Crippen LogP contribution in [0.1, 0.15) is 29.3 Å². The number of carbonyl (C=O) groups is 1. The van der Waals surface area contributed by atoms with E-state index in [-0.39, 0.29) is 12.1 Å². The van der Waals surface area contributed by atoms with Crippen molar-refractivity contribution in [2.75, 3.05) is 37.7 Å². The molecule has 31 heavy (non-hydrogen) atoms. The van der Waals surface area contributed by atoms with Gasteiger partial charge in [-0.1, -0.05) is 23.7 Å². The third-order valence-corrected chi connectivity index (χ3v) is 5.57. The van der Waals surface area contributed by atoms with Crippen LogP contribution in [0.15, 0.2) is 36.7 Å². The van der Waals surface area contributed by atoms with Gasteiger partial charge in [0, 0.05) is 24.3 Å². The Morgan fingerprint density at radius 1 is 1.32 bits per heavy atom. The van der Waals surface area contributed by atoms with Crippen LogP contribution >= 0.6 is 11.6 Å². The van der Waals surface area contributed by atoms with E-state index in [1.165, 1.54) is 0 Å². The number of hydrogen-bond acceptors (Lipinski definition) is 7. The van der Waals surface area contributed by atoms with E-state index >= 15 is 0 Å². The largest absolute Gasteiger partial charge is 0.462 e. The maximum atomic E-state index is 12.7. The highest BCUT2D eigenvalue weighted by molar-refractivity contribution is 6.30. The Balaban J connectivity index is 1.75. The molecular formula is C22H26ClN5O3. The second kappa shape index (κ2) is 9.64. The first-order valence-electron chi connectivity index (χ1n) is 10.4. The zero-order chi connectivity index (χ0) is 21.8. The fourth-order valence-corrected chi connectivity index (χ4v) is 4.00. The van der Waals surface area contributed by atoms with E-state index in [0.29, 0.717) is 55.6 Å². The summed E-state index contributed by atoms with van der Waals surface area (Å²) in [5, 5.41) is 6.06. The van der Waals surface area contributed by atoms with Crippen LogP contribution in [-0.4, -0.2) is 59.7 Å². The molecule has 3 aromatic rings. The molecule has 9 heteroatoms. The number of nitrogens with two attached hydrogens (primary N) is 1. The summed E-state index contributed by atoms with van der Waals surface area (Å²) in [7, 11) is 0. The number of ether oxygens (including phenoxy) is 2. The van der Waals surface area contributed by atoms with E-state index in [4.69, 9.17) is 26.8 Å². The first-order valence-corrected chi connectivity index (χ1v) is 10.8. The van der Waals surface area contributed by atoms with Crippen LogP contribution in [0, 0.1) is 0 Å². The van der Waals surface area contributed by atoms with Crippen molar-refractivity contribution in [1.82, 2.24) is 14.8 Å². The van der Waals surface area contributed by atoms with E-state index in [1.54, 1.807) is 19.3 Å². The fourth-order valence-electron chi connectivity index (χ4n) is 3.87. The normalized spacial score (nSPS) is 16.6. The van der Waals surface area contributed by atoms with Gasteiger partial charge < -0.3 is 20.1 Å². The molecule has 2 aromatic heterocycles. The minimum absolute atomic E-state index is 0.0149. The average Bonchev–Trinajstić information content (AvgIpc) is 3.18. The monoisotopic (exact) mass is 443 g/mol. The quantitative estimate of drug-likeness (QED) is 0.561. The molecule has 1 aliphatic heterocycles. The Kier molecular flexibility index (Phi) is 6.70. The molecule has 0 radical (unpaired) electrons. The first kappa shape index (κ1) is 21.5. The molecule has 0 unspecified atom stereocenters. The van der Waals surface area contributed by atoms with E-state index in [0.717, 1.165) is 23.1 Å². The maximum Gasteiger partial charge on any atom is 0.341 e. The van der Waals surface area contributed by atoms with Gasteiger partial charge in [-0.2, -0.15) is 5.10 Å². The number of benzene rings is 1. The number of anilines is 1. The molecule has 2 N–H and O–H groups in total. The van der Waals surface area contributed by atoms with Gasteiger partial charge in [-0.05, 0) is 37.6 Å². The van der Waals surface area contributed by atoms with E-state index < -0.39 is 0 Å². The number of rotatable bonds is 7. The zero-order valence-corrected chi connectivity index (χ0v) is 18.2. The summed E-state index contributed by atoms with van der Waals surface area (Å²) in [4.78, 5) is 19.4. The summed E-state index contributed by atoms with van der Waals surface area (Å²) in [5.41, 5.74) is 8.73. The molecule has 1 saturated heterocycles. The van der Waals surface area contributed by atoms with Crippen LogP contribution < -0.4 is 10.6 Å². The second-order valence-electron chi connectivity index (χ2n) is 7.42. The molecule has 1 atom stereocenters. The summed E-state index contributed by atoms with van der Waals surface area (Å²) in [6, 6.07) is 7.63. The standard InChI is InChI=1S/C22H26ClN5O3/c1-2-30-22(29)19-11-25-21-18(20(19)27-9-10-31-17(14-27)7-8-24)12-26-28(21)13-15-3-5-16(23)6-4-15/h3-6,11-12,17H,2,7-10,13-14,24H2,1H3/t17-/m0/s1. The predicted molar refractivity (Wildman–Crippen MR) is 120 cm³/mol. The molecule has 0 amide bonds. The summed E-state index contributed by atoms with van der Waals surface area (Å²) >= 11 is 6.00. The Morgan fingerprint density at radius 2 is 2.13 bits per heavy atom. The molecule has 3 heterocycles. The van der Waals surface area contributed by atoms with Crippen molar-refractivity contribution < 1.29 is 14.3 Å². The number of nitrogens with zero attached hydrogens (tertiary/aromatic N) is 4. The predicted octanol–water partition coefficient (Wildman–Crippen LogP) is 2.86. The highest BCUT2D eigenvalue weighted by Crippen LogP contribution is 2.32. The van der Waals surface area contributed by atoms with Crippen LogP contribution in [0.2, 0.25) is 5.02 Å². The molecule has 0 spiro atoms. The lowest BCUT2D eigenvalue weighted by atomic mass is 10.1. The van der Waals surface area contributed by atoms with Crippen molar-refractivity contribution >= 4 is 34.3 Å². The minimum Gasteiger partial charge on any atom is -0.462 e. The summed E-state index contributed by atoms with van der Waals surface area (Å²) in [6.45, 7) is 5.05. The van der Waals surface area contributed by atoms with Gasteiger partial charge in [0.05, 0.1) is 43.1 Å². The maximum absolute atomic E-state index is 12.7. The molecule has 1 aliphatic rings. The van der Waals surface area contributed by atoms with Gasteiger partial charge in [0.2, 0.25) is 0 Å². The highest BCUT2D eigenvalue weighted by Gasteiger charge is 2.28. The third-order valence-electron chi connectivity index (χ3n) is 5.32. The Morgan fingerprint density at radius 3 is 2.87 bits per heavy atom. The van der Waals surface area contributed by atoms with Gasteiger partial charge in [0.15, 0.2) is 5.65 Å². The van der Waals surface area contributed by atoms with Gasteiger partial charge in [0.1, 0.15) is 5.56 Å². The summed E-state index contributed by atoms with van der Waals surface area (Å²) in [5.74, 6) is -0.390. The number of hydrogen-bond donors (Lipinski definition) is 1. The summed E-state index contributed by atoms with van der Waals surface area (Å²) in [6.07, 6.45) is 4.13. The van der Waals surface area contributed by atoms with Crippen LogP contribution in [0.5, 0.6) is 0 Å². The average molecular weight is 444 g/mol.